The maximum Gasteiger partial charge on any atom is 0.0348 e. The molecule has 1 atom stereocenters. The zero-order valence-corrected chi connectivity index (χ0v) is 13.9. The third kappa shape index (κ3) is 3.85. The number of rotatable bonds is 4. The fraction of sp³-hybridized carbons (Fsp3) is 0.684. The molecule has 0 radical (unpaired) electrons. The van der Waals surface area contributed by atoms with Crippen molar-refractivity contribution in [3.63, 3.8) is 0 Å². The molecule has 0 bridgehead atoms. The summed E-state index contributed by atoms with van der Waals surface area (Å²) in [6.45, 7) is 12.5. The molecule has 1 N–H and O–H groups in total. The van der Waals surface area contributed by atoms with E-state index in [9.17, 15) is 0 Å². The van der Waals surface area contributed by atoms with E-state index in [1.807, 2.05) is 0 Å². The summed E-state index contributed by atoms with van der Waals surface area (Å²) in [5.41, 5.74) is 4.82. The van der Waals surface area contributed by atoms with Crippen LogP contribution in [0.3, 0.4) is 0 Å². The maximum absolute atomic E-state index is 3.75. The summed E-state index contributed by atoms with van der Waals surface area (Å²) in [7, 11) is 0. The molecule has 0 saturated heterocycles. The first-order valence-electron chi connectivity index (χ1n) is 8.23. The molecule has 0 aromatic heterocycles. The van der Waals surface area contributed by atoms with Crippen LogP contribution in [-0.4, -0.2) is 6.54 Å². The molecular weight excluding hydrogens is 242 g/mol. The average Bonchev–Trinajstić information content (AvgIpc) is 2.35. The predicted molar refractivity (Wildman–Crippen MR) is 88.1 cm³/mol. The Labute approximate surface area is 125 Å². The molecular formula is C19H31N. The van der Waals surface area contributed by atoms with Gasteiger partial charge in [0, 0.05) is 6.04 Å². The number of benzene rings is 1. The van der Waals surface area contributed by atoms with Gasteiger partial charge in [0.15, 0.2) is 0 Å². The van der Waals surface area contributed by atoms with Crippen molar-refractivity contribution in [3.8, 4) is 0 Å². The quantitative estimate of drug-likeness (QED) is 0.798. The van der Waals surface area contributed by atoms with E-state index in [-0.39, 0.29) is 0 Å². The summed E-state index contributed by atoms with van der Waals surface area (Å²) >= 11 is 0. The van der Waals surface area contributed by atoms with E-state index >= 15 is 0 Å². The van der Waals surface area contributed by atoms with Gasteiger partial charge in [-0.05, 0) is 63.0 Å². The van der Waals surface area contributed by atoms with Crippen LogP contribution < -0.4 is 5.32 Å². The highest BCUT2D eigenvalue weighted by Crippen LogP contribution is 2.42. The predicted octanol–water partition coefficient (Wildman–Crippen LogP) is 5.17. The third-order valence-corrected chi connectivity index (χ3v) is 4.88. The Morgan fingerprint density at radius 1 is 1.10 bits per heavy atom. The Morgan fingerprint density at radius 3 is 2.15 bits per heavy atom. The van der Waals surface area contributed by atoms with Crippen molar-refractivity contribution in [2.45, 2.75) is 66.3 Å². The summed E-state index contributed by atoms with van der Waals surface area (Å²) < 4.78 is 0. The van der Waals surface area contributed by atoms with E-state index < -0.39 is 0 Å². The lowest BCUT2D eigenvalue weighted by Gasteiger charge is -2.38. The SMILES string of the molecule is CCNC(c1cc(C)cc(C)c1)C1CCC(C)(C)CC1. The molecule has 0 spiro atoms. The molecule has 1 aromatic carbocycles. The molecule has 2 rings (SSSR count). The van der Waals surface area contributed by atoms with Gasteiger partial charge in [0.05, 0.1) is 0 Å². The Hall–Kier alpha value is -0.820. The minimum absolute atomic E-state index is 0.537. The molecule has 20 heavy (non-hydrogen) atoms. The van der Waals surface area contributed by atoms with E-state index in [2.05, 4.69) is 58.1 Å². The molecule has 112 valence electrons. The number of hydrogen-bond acceptors (Lipinski definition) is 1. The number of aryl methyl sites for hydroxylation is 2. The van der Waals surface area contributed by atoms with Crippen LogP contribution in [0.5, 0.6) is 0 Å². The van der Waals surface area contributed by atoms with Gasteiger partial charge in [-0.3, -0.25) is 0 Å². The van der Waals surface area contributed by atoms with Crippen LogP contribution in [0.15, 0.2) is 18.2 Å². The van der Waals surface area contributed by atoms with Gasteiger partial charge in [-0.2, -0.15) is 0 Å². The Kier molecular flexibility index (Phi) is 4.90. The van der Waals surface area contributed by atoms with Gasteiger partial charge in [0.2, 0.25) is 0 Å². The molecule has 1 aliphatic rings. The normalized spacial score (nSPS) is 20.9. The summed E-state index contributed by atoms with van der Waals surface area (Å²) in [6.07, 6.45) is 5.45. The van der Waals surface area contributed by atoms with Crippen molar-refractivity contribution in [1.82, 2.24) is 5.32 Å². The third-order valence-electron chi connectivity index (χ3n) is 4.88. The highest BCUT2D eigenvalue weighted by molar-refractivity contribution is 5.31. The van der Waals surface area contributed by atoms with E-state index in [0.29, 0.717) is 11.5 Å². The van der Waals surface area contributed by atoms with Gasteiger partial charge in [-0.25, -0.2) is 0 Å². The van der Waals surface area contributed by atoms with Crippen LogP contribution in [0.2, 0.25) is 0 Å². The monoisotopic (exact) mass is 273 g/mol. The molecule has 1 nitrogen and oxygen atoms in total. The van der Waals surface area contributed by atoms with E-state index in [4.69, 9.17) is 0 Å². The van der Waals surface area contributed by atoms with E-state index in [1.165, 1.54) is 42.4 Å². The summed E-state index contributed by atoms with van der Waals surface area (Å²) in [5.74, 6) is 0.796. The molecule has 1 fully saturated rings. The first kappa shape index (κ1) is 15.6. The first-order chi connectivity index (χ1) is 9.41. The lowest BCUT2D eigenvalue weighted by atomic mass is 9.70. The second kappa shape index (κ2) is 6.30. The van der Waals surface area contributed by atoms with Crippen molar-refractivity contribution in [3.05, 3.63) is 34.9 Å². The number of hydrogen-bond donors (Lipinski definition) is 1. The lowest BCUT2D eigenvalue weighted by molar-refractivity contribution is 0.162. The summed E-state index contributed by atoms with van der Waals surface area (Å²) in [6, 6.07) is 7.56. The van der Waals surface area contributed by atoms with Crippen LogP contribution >= 0.6 is 0 Å². The Balaban J connectivity index is 2.18. The summed E-state index contributed by atoms with van der Waals surface area (Å²) in [5, 5.41) is 3.75. The maximum atomic E-state index is 3.75. The molecule has 1 aliphatic carbocycles. The van der Waals surface area contributed by atoms with Crippen LogP contribution in [0.1, 0.15) is 69.2 Å². The fourth-order valence-electron chi connectivity index (χ4n) is 3.72. The van der Waals surface area contributed by atoms with E-state index in [0.717, 1.165) is 12.5 Å². The smallest absolute Gasteiger partial charge is 0.0348 e. The van der Waals surface area contributed by atoms with Gasteiger partial charge in [-0.1, -0.05) is 50.1 Å². The highest BCUT2D eigenvalue weighted by atomic mass is 14.9. The standard InChI is InChI=1S/C19H31N/c1-6-20-18(16-7-9-19(4,5)10-8-16)17-12-14(2)11-15(3)13-17/h11-13,16,18,20H,6-10H2,1-5H3. The van der Waals surface area contributed by atoms with E-state index in [1.54, 1.807) is 0 Å². The van der Waals surface area contributed by atoms with Crippen LogP contribution in [0.4, 0.5) is 0 Å². The molecule has 1 unspecified atom stereocenters. The molecule has 0 amide bonds. The first-order valence-corrected chi connectivity index (χ1v) is 8.23. The van der Waals surface area contributed by atoms with Gasteiger partial charge < -0.3 is 5.32 Å². The fourth-order valence-corrected chi connectivity index (χ4v) is 3.72. The van der Waals surface area contributed by atoms with Crippen LogP contribution in [-0.2, 0) is 0 Å². The topological polar surface area (TPSA) is 12.0 Å². The second-order valence-electron chi connectivity index (χ2n) is 7.46. The van der Waals surface area contributed by atoms with Crippen molar-refractivity contribution >= 4 is 0 Å². The zero-order valence-electron chi connectivity index (χ0n) is 13.9. The zero-order chi connectivity index (χ0) is 14.8. The van der Waals surface area contributed by atoms with Gasteiger partial charge in [0.25, 0.3) is 0 Å². The summed E-state index contributed by atoms with van der Waals surface area (Å²) in [4.78, 5) is 0. The molecule has 0 heterocycles. The minimum Gasteiger partial charge on any atom is -0.310 e. The van der Waals surface area contributed by atoms with Crippen LogP contribution in [0.25, 0.3) is 0 Å². The molecule has 1 aromatic rings. The number of nitrogens with one attached hydrogen (secondary N) is 1. The van der Waals surface area contributed by atoms with Crippen molar-refractivity contribution in [1.29, 1.82) is 0 Å². The highest BCUT2D eigenvalue weighted by Gasteiger charge is 2.31. The van der Waals surface area contributed by atoms with Gasteiger partial charge in [0.1, 0.15) is 0 Å². The van der Waals surface area contributed by atoms with Crippen molar-refractivity contribution < 1.29 is 0 Å². The molecule has 1 saturated carbocycles. The largest absolute Gasteiger partial charge is 0.310 e. The van der Waals surface area contributed by atoms with Gasteiger partial charge >= 0.3 is 0 Å². The average molecular weight is 273 g/mol. The minimum atomic E-state index is 0.537. The van der Waals surface area contributed by atoms with Crippen molar-refractivity contribution in [2.24, 2.45) is 11.3 Å². The van der Waals surface area contributed by atoms with Crippen LogP contribution in [0, 0.1) is 25.2 Å². The molecule has 0 aliphatic heterocycles. The Bertz CT molecular complexity index is 417. The molecule has 1 heteroatoms. The lowest BCUT2D eigenvalue weighted by Crippen LogP contribution is -2.33. The van der Waals surface area contributed by atoms with Gasteiger partial charge in [-0.15, -0.1) is 0 Å². The second-order valence-corrected chi connectivity index (χ2v) is 7.46. The Morgan fingerprint density at radius 2 is 1.65 bits per heavy atom. The van der Waals surface area contributed by atoms with Crippen molar-refractivity contribution in [2.75, 3.05) is 6.54 Å².